The van der Waals surface area contributed by atoms with Crippen molar-refractivity contribution < 1.29 is 9.47 Å². The number of nitrogens with zero attached hydrogens (tertiary/aromatic N) is 4. The molecule has 3 saturated heterocycles. The molecule has 33 heavy (non-hydrogen) atoms. The minimum absolute atomic E-state index is 0. The van der Waals surface area contributed by atoms with Crippen LogP contribution in [-0.2, 0) is 16.0 Å². The number of hydrogen-bond acceptors (Lipinski definition) is 6. The van der Waals surface area contributed by atoms with Gasteiger partial charge in [-0.3, -0.25) is 0 Å². The highest BCUT2D eigenvalue weighted by molar-refractivity contribution is 14.0. The summed E-state index contributed by atoms with van der Waals surface area (Å²) in [5, 5.41) is 7.09. The molecule has 3 aliphatic heterocycles. The minimum Gasteiger partial charge on any atom is -0.381 e. The highest BCUT2D eigenvalue weighted by Crippen LogP contribution is 2.19. The Bertz CT molecular complexity index is 737. The largest absolute Gasteiger partial charge is 0.381 e. The number of aliphatic imine (C=N–C) groups is 1. The molecule has 1 aromatic rings. The second kappa shape index (κ2) is 13.7. The second-order valence-electron chi connectivity index (χ2n) is 9.29. The predicted octanol–water partition coefficient (Wildman–Crippen LogP) is 2.48. The van der Waals surface area contributed by atoms with Crippen molar-refractivity contribution in [3.05, 3.63) is 23.9 Å². The van der Waals surface area contributed by atoms with E-state index < -0.39 is 0 Å². The van der Waals surface area contributed by atoms with Crippen LogP contribution in [0.5, 0.6) is 0 Å². The Balaban J connectivity index is 0.00000306. The van der Waals surface area contributed by atoms with E-state index in [1.54, 1.807) is 0 Å². The van der Waals surface area contributed by atoms with Crippen LogP contribution in [0.4, 0.5) is 5.82 Å². The first-order valence-electron chi connectivity index (χ1n) is 12.4. The number of halogens is 1. The lowest BCUT2D eigenvalue weighted by molar-refractivity contribution is 0.0529. The number of aromatic nitrogens is 1. The third kappa shape index (κ3) is 8.22. The van der Waals surface area contributed by atoms with E-state index >= 15 is 0 Å². The lowest BCUT2D eigenvalue weighted by atomic mass is 10.0. The third-order valence-electron chi connectivity index (χ3n) is 6.61. The number of anilines is 1. The molecule has 0 saturated carbocycles. The Morgan fingerprint density at radius 3 is 2.79 bits per heavy atom. The van der Waals surface area contributed by atoms with E-state index in [1.807, 2.05) is 6.20 Å². The average Bonchev–Trinajstić information content (AvgIpc) is 3.32. The van der Waals surface area contributed by atoms with Gasteiger partial charge in [-0.2, -0.15) is 0 Å². The van der Waals surface area contributed by atoms with Gasteiger partial charge in [-0.15, -0.1) is 24.0 Å². The maximum absolute atomic E-state index is 5.66. The first kappa shape index (κ1) is 26.4. The molecule has 2 unspecified atom stereocenters. The molecule has 0 spiro atoms. The number of ether oxygens (including phenoxy) is 2. The monoisotopic (exact) mass is 572 g/mol. The fourth-order valence-corrected chi connectivity index (χ4v) is 4.79. The molecular formula is C24H41IN6O2. The summed E-state index contributed by atoms with van der Waals surface area (Å²) < 4.78 is 11.2. The lowest BCUT2D eigenvalue weighted by Crippen LogP contribution is -2.49. The Kier molecular flexibility index (Phi) is 10.9. The summed E-state index contributed by atoms with van der Waals surface area (Å²) in [6.07, 6.45) is 5.68. The molecule has 186 valence electrons. The molecule has 1 aromatic heterocycles. The predicted molar refractivity (Wildman–Crippen MR) is 144 cm³/mol. The zero-order valence-electron chi connectivity index (χ0n) is 20.2. The Morgan fingerprint density at radius 2 is 2.06 bits per heavy atom. The molecule has 4 heterocycles. The van der Waals surface area contributed by atoms with Crippen molar-refractivity contribution >= 4 is 35.8 Å². The molecule has 0 aliphatic carbocycles. The van der Waals surface area contributed by atoms with Crippen LogP contribution in [0.2, 0.25) is 0 Å². The van der Waals surface area contributed by atoms with Gasteiger partial charge in [0.15, 0.2) is 5.96 Å². The maximum Gasteiger partial charge on any atom is 0.191 e. The second-order valence-corrected chi connectivity index (χ2v) is 9.29. The van der Waals surface area contributed by atoms with Crippen LogP contribution >= 0.6 is 24.0 Å². The summed E-state index contributed by atoms with van der Waals surface area (Å²) >= 11 is 0. The number of pyridine rings is 1. The topological polar surface area (TPSA) is 74.2 Å². The van der Waals surface area contributed by atoms with Crippen molar-refractivity contribution in [2.75, 3.05) is 64.0 Å². The van der Waals surface area contributed by atoms with E-state index in [1.165, 1.54) is 18.5 Å². The van der Waals surface area contributed by atoms with Crippen LogP contribution in [0, 0.1) is 5.92 Å². The number of likely N-dealkylation sites (tertiary alicyclic amines) is 1. The van der Waals surface area contributed by atoms with Gasteiger partial charge < -0.3 is 29.9 Å². The third-order valence-corrected chi connectivity index (χ3v) is 6.61. The van der Waals surface area contributed by atoms with E-state index in [0.29, 0.717) is 12.6 Å². The normalized spacial score (nSPS) is 25.0. The van der Waals surface area contributed by atoms with Crippen LogP contribution in [-0.4, -0.2) is 87.1 Å². The van der Waals surface area contributed by atoms with Gasteiger partial charge in [-0.25, -0.2) is 9.98 Å². The summed E-state index contributed by atoms with van der Waals surface area (Å²) in [7, 11) is 0. The zero-order valence-corrected chi connectivity index (χ0v) is 22.5. The number of rotatable bonds is 7. The first-order chi connectivity index (χ1) is 15.7. The highest BCUT2D eigenvalue weighted by Gasteiger charge is 2.24. The molecule has 0 aromatic carbocycles. The van der Waals surface area contributed by atoms with Gasteiger partial charge in [-0.05, 0) is 56.7 Å². The van der Waals surface area contributed by atoms with Crippen molar-refractivity contribution in [1.82, 2.24) is 20.5 Å². The van der Waals surface area contributed by atoms with Crippen molar-refractivity contribution in [2.24, 2.45) is 10.9 Å². The fraction of sp³-hybridized carbons (Fsp3) is 0.750. The Morgan fingerprint density at radius 1 is 1.21 bits per heavy atom. The number of nitrogens with one attached hydrogen (secondary N) is 2. The van der Waals surface area contributed by atoms with E-state index in [0.717, 1.165) is 83.1 Å². The zero-order chi connectivity index (χ0) is 22.2. The molecule has 0 amide bonds. The summed E-state index contributed by atoms with van der Waals surface area (Å²) in [6.45, 7) is 13.6. The summed E-state index contributed by atoms with van der Waals surface area (Å²) in [5.74, 6) is 2.66. The van der Waals surface area contributed by atoms with Gasteiger partial charge in [-0.1, -0.05) is 0 Å². The van der Waals surface area contributed by atoms with Gasteiger partial charge >= 0.3 is 0 Å². The van der Waals surface area contributed by atoms with Crippen LogP contribution < -0.4 is 15.5 Å². The van der Waals surface area contributed by atoms with Gasteiger partial charge in [0, 0.05) is 58.1 Å². The molecule has 4 rings (SSSR count). The van der Waals surface area contributed by atoms with E-state index in [2.05, 4.69) is 51.4 Å². The van der Waals surface area contributed by atoms with Crippen molar-refractivity contribution in [3.8, 4) is 0 Å². The molecule has 2 atom stereocenters. The molecule has 0 radical (unpaired) electrons. The first-order valence-corrected chi connectivity index (χ1v) is 12.4. The smallest absolute Gasteiger partial charge is 0.191 e. The van der Waals surface area contributed by atoms with E-state index in [9.17, 15) is 0 Å². The van der Waals surface area contributed by atoms with Crippen molar-refractivity contribution in [3.63, 3.8) is 0 Å². The highest BCUT2D eigenvalue weighted by atomic mass is 127. The standard InChI is InChI=1S/C24H40N6O2.HI/c1-3-25-24(28-22-5-9-29(10-6-22)17-21-7-12-31-18-21)27-15-20-4-8-26-23(14-20)30-11-13-32-19(2)16-30;/h4,8,14,19,21-22H,3,5-7,9-13,15-18H2,1-2H3,(H2,25,27,28);1H. The number of hydrogen-bond donors (Lipinski definition) is 2. The van der Waals surface area contributed by atoms with Crippen LogP contribution in [0.25, 0.3) is 0 Å². The van der Waals surface area contributed by atoms with E-state index in [4.69, 9.17) is 14.5 Å². The van der Waals surface area contributed by atoms with E-state index in [-0.39, 0.29) is 30.1 Å². The van der Waals surface area contributed by atoms with Crippen molar-refractivity contribution in [1.29, 1.82) is 0 Å². The molecule has 3 aliphatic rings. The summed E-state index contributed by atoms with van der Waals surface area (Å²) in [4.78, 5) is 14.4. The molecule has 3 fully saturated rings. The minimum atomic E-state index is 0. The quantitative estimate of drug-likeness (QED) is 0.296. The van der Waals surface area contributed by atoms with Gasteiger partial charge in [0.1, 0.15) is 5.82 Å². The molecule has 8 nitrogen and oxygen atoms in total. The molecule has 9 heteroatoms. The maximum atomic E-state index is 5.66. The Hall–Kier alpha value is -1.17. The number of guanidine groups is 1. The Labute approximate surface area is 215 Å². The van der Waals surface area contributed by atoms with Gasteiger partial charge in [0.2, 0.25) is 0 Å². The lowest BCUT2D eigenvalue weighted by Gasteiger charge is -2.34. The van der Waals surface area contributed by atoms with Gasteiger partial charge in [0.05, 0.1) is 25.9 Å². The number of piperidine rings is 1. The SMILES string of the molecule is CCNC(=NCc1ccnc(N2CCOC(C)C2)c1)NC1CCN(CC2CCOC2)CC1.I. The van der Waals surface area contributed by atoms with Gasteiger partial charge in [0.25, 0.3) is 0 Å². The average molecular weight is 573 g/mol. The summed E-state index contributed by atoms with van der Waals surface area (Å²) in [5.41, 5.74) is 1.18. The number of morpholine rings is 1. The molecule has 0 bridgehead atoms. The fourth-order valence-electron chi connectivity index (χ4n) is 4.79. The van der Waals surface area contributed by atoms with Crippen LogP contribution in [0.3, 0.4) is 0 Å². The molecular weight excluding hydrogens is 531 g/mol. The van der Waals surface area contributed by atoms with Crippen LogP contribution in [0.15, 0.2) is 23.3 Å². The molecule has 2 N–H and O–H groups in total. The summed E-state index contributed by atoms with van der Waals surface area (Å²) in [6, 6.07) is 4.70. The van der Waals surface area contributed by atoms with Crippen molar-refractivity contribution in [2.45, 2.75) is 51.8 Å². The van der Waals surface area contributed by atoms with Crippen LogP contribution in [0.1, 0.15) is 38.7 Å².